The van der Waals surface area contributed by atoms with Crippen molar-refractivity contribution in [1.82, 2.24) is 15.1 Å². The summed E-state index contributed by atoms with van der Waals surface area (Å²) in [6, 6.07) is 8.40. The van der Waals surface area contributed by atoms with Crippen molar-refractivity contribution in [2.45, 2.75) is 87.6 Å². The number of nitriles is 1. The number of nitrogens with two attached hydrogens (primary N) is 1. The van der Waals surface area contributed by atoms with Gasteiger partial charge < -0.3 is 25.8 Å². The lowest BCUT2D eigenvalue weighted by atomic mass is 9.46. The number of carbonyl (C=O) groups is 2. The Hall–Kier alpha value is -2.67. The van der Waals surface area contributed by atoms with E-state index in [0.29, 0.717) is 29.9 Å². The van der Waals surface area contributed by atoms with Crippen LogP contribution in [0.3, 0.4) is 0 Å². The number of hydrogen-bond acceptors (Lipinski definition) is 7. The van der Waals surface area contributed by atoms with E-state index >= 15 is 0 Å². The van der Waals surface area contributed by atoms with Gasteiger partial charge in [-0.05, 0) is 93.1 Å². The van der Waals surface area contributed by atoms with Crippen molar-refractivity contribution in [3.8, 4) is 11.8 Å². The number of rotatable bonds is 8. The highest BCUT2D eigenvalue weighted by molar-refractivity contribution is 5.97. The monoisotopic (exact) mass is 547 g/mol. The molecule has 2 amide bonds. The second-order valence-electron chi connectivity index (χ2n) is 13.8. The third kappa shape index (κ3) is 4.49. The van der Waals surface area contributed by atoms with Crippen molar-refractivity contribution < 1.29 is 19.4 Å². The number of benzene rings is 1. The molecule has 1 aromatic carbocycles. The van der Waals surface area contributed by atoms with Gasteiger partial charge in [-0.3, -0.25) is 14.5 Å². The van der Waals surface area contributed by atoms with Crippen LogP contribution in [0.2, 0.25) is 0 Å². The van der Waals surface area contributed by atoms with Gasteiger partial charge in [0.15, 0.2) is 0 Å². The molecule has 2 saturated heterocycles. The first-order valence-corrected chi connectivity index (χ1v) is 15.2. The molecule has 7 aliphatic rings. The zero-order valence-electron chi connectivity index (χ0n) is 23.1. The molecule has 9 heteroatoms. The molecule has 4 N–H and O–H groups in total. The smallest absolute Gasteiger partial charge is 0.255 e. The summed E-state index contributed by atoms with van der Waals surface area (Å²) in [5, 5.41) is 22.7. The number of piperidine rings is 1. The lowest BCUT2D eigenvalue weighted by molar-refractivity contribution is -0.201. The van der Waals surface area contributed by atoms with Crippen molar-refractivity contribution in [2.75, 3.05) is 26.2 Å². The molecule has 9 nitrogen and oxygen atoms in total. The van der Waals surface area contributed by atoms with E-state index in [1.165, 1.54) is 12.5 Å². The first kappa shape index (κ1) is 26.2. The molecule has 7 atom stereocenters. The maximum atomic E-state index is 13.7. The van der Waals surface area contributed by atoms with Crippen LogP contribution in [0.5, 0.6) is 5.75 Å². The normalized spacial score (nSPS) is 40.0. The highest BCUT2D eigenvalue weighted by atomic mass is 16.5. The second-order valence-corrected chi connectivity index (χ2v) is 13.8. The summed E-state index contributed by atoms with van der Waals surface area (Å²) >= 11 is 0. The third-order valence-corrected chi connectivity index (χ3v) is 11.1. The largest absolute Gasteiger partial charge is 0.507 e. The molecule has 40 heavy (non-hydrogen) atoms. The van der Waals surface area contributed by atoms with Crippen LogP contribution in [0.15, 0.2) is 24.3 Å². The number of fused-ring (bicyclic) bond motifs is 1. The Bertz CT molecular complexity index is 1220. The quantitative estimate of drug-likeness (QED) is 0.455. The molecule has 5 saturated carbocycles. The Kier molecular flexibility index (Phi) is 6.37. The Labute approximate surface area is 236 Å². The predicted molar refractivity (Wildman–Crippen MR) is 147 cm³/mol. The van der Waals surface area contributed by atoms with Crippen LogP contribution in [0.25, 0.3) is 0 Å². The van der Waals surface area contributed by atoms with Gasteiger partial charge in [-0.25, -0.2) is 0 Å². The number of carbonyl (C=O) groups excluding carboxylic acids is 2. The highest BCUT2D eigenvalue weighted by Gasteiger charge is 2.63. The molecule has 7 fully saturated rings. The SMILES string of the molecule is N#C[C@@H]1C[C@@H]2C[C@@H]2N1C(=O)[C@@H](N)C12CC3CC(CC(OCCN4CC[C@H](NC(=O)c5ccccc5O)C4)(C3)C1)C2. The summed E-state index contributed by atoms with van der Waals surface area (Å²) in [4.78, 5) is 30.5. The van der Waals surface area contributed by atoms with Gasteiger partial charge >= 0.3 is 0 Å². The average molecular weight is 548 g/mol. The standard InChI is InChI=1S/C31H41N5O4/c32-16-23-10-21-11-25(21)36(23)29(39)27(33)30-12-19-9-20(13-30)15-31(14-19,18-30)40-8-7-35-6-5-22(17-35)34-28(38)24-3-1-2-4-26(24)37/h1-4,19-23,25,27,37H,5-15,17-18,33H2,(H,34,38)/t19?,20?,21-,22+,23+,25+,27-,30?,31?/m1/s1. The minimum atomic E-state index is -0.552. The molecule has 0 radical (unpaired) electrons. The Morgan fingerprint density at radius 1 is 1.18 bits per heavy atom. The Balaban J connectivity index is 0.953. The molecule has 2 heterocycles. The van der Waals surface area contributed by atoms with Crippen LogP contribution >= 0.6 is 0 Å². The Morgan fingerprint density at radius 2 is 1.95 bits per heavy atom. The molecular weight excluding hydrogens is 506 g/mol. The van der Waals surface area contributed by atoms with E-state index in [9.17, 15) is 20.0 Å². The van der Waals surface area contributed by atoms with Crippen LogP contribution in [0.4, 0.5) is 0 Å². The highest BCUT2D eigenvalue weighted by Crippen LogP contribution is 2.64. The van der Waals surface area contributed by atoms with Crippen LogP contribution in [-0.4, -0.2) is 82.7 Å². The number of phenolic OH excluding ortho intramolecular Hbond substituents is 1. The van der Waals surface area contributed by atoms with E-state index in [4.69, 9.17) is 10.5 Å². The van der Waals surface area contributed by atoms with Crippen LogP contribution < -0.4 is 11.1 Å². The molecule has 4 bridgehead atoms. The van der Waals surface area contributed by atoms with Crippen molar-refractivity contribution in [3.05, 3.63) is 29.8 Å². The zero-order valence-corrected chi connectivity index (χ0v) is 23.1. The summed E-state index contributed by atoms with van der Waals surface area (Å²) in [7, 11) is 0. The molecule has 0 spiro atoms. The summed E-state index contributed by atoms with van der Waals surface area (Å²) in [6.07, 6.45) is 8.89. The summed E-state index contributed by atoms with van der Waals surface area (Å²) in [5.41, 5.74) is 6.75. The number of para-hydroxylation sites is 1. The van der Waals surface area contributed by atoms with E-state index in [2.05, 4.69) is 16.3 Å². The zero-order chi connectivity index (χ0) is 27.6. The van der Waals surface area contributed by atoms with E-state index in [1.807, 2.05) is 4.90 Å². The van der Waals surface area contributed by atoms with E-state index in [1.54, 1.807) is 18.2 Å². The number of amides is 2. The minimum absolute atomic E-state index is 0.0000562. The fourth-order valence-electron chi connectivity index (χ4n) is 9.57. The summed E-state index contributed by atoms with van der Waals surface area (Å²) in [6.45, 7) is 3.10. The van der Waals surface area contributed by atoms with Gasteiger partial charge in [-0.1, -0.05) is 12.1 Å². The van der Waals surface area contributed by atoms with Gasteiger partial charge in [0, 0.05) is 31.7 Å². The lowest BCUT2D eigenvalue weighted by Crippen LogP contribution is -2.65. The predicted octanol–water partition coefficient (Wildman–Crippen LogP) is 2.39. The number of aromatic hydroxyl groups is 1. The summed E-state index contributed by atoms with van der Waals surface area (Å²) in [5.74, 6) is 1.37. The van der Waals surface area contributed by atoms with Crippen molar-refractivity contribution in [3.63, 3.8) is 0 Å². The van der Waals surface area contributed by atoms with Gasteiger partial charge in [-0.2, -0.15) is 5.26 Å². The van der Waals surface area contributed by atoms with E-state index < -0.39 is 6.04 Å². The van der Waals surface area contributed by atoms with Gasteiger partial charge in [0.25, 0.3) is 5.91 Å². The third-order valence-electron chi connectivity index (χ3n) is 11.1. The molecule has 2 aliphatic heterocycles. The number of ether oxygens (including phenoxy) is 1. The first-order valence-electron chi connectivity index (χ1n) is 15.2. The molecular formula is C31H41N5O4. The first-order chi connectivity index (χ1) is 19.3. The number of phenols is 1. The van der Waals surface area contributed by atoms with Crippen LogP contribution in [0.1, 0.15) is 68.1 Å². The van der Waals surface area contributed by atoms with E-state index in [-0.39, 0.29) is 46.7 Å². The van der Waals surface area contributed by atoms with Crippen molar-refractivity contribution >= 4 is 11.8 Å². The maximum Gasteiger partial charge on any atom is 0.255 e. The lowest BCUT2D eigenvalue weighted by Gasteiger charge is -2.63. The van der Waals surface area contributed by atoms with Gasteiger partial charge in [0.05, 0.1) is 29.9 Å². The van der Waals surface area contributed by atoms with Crippen LogP contribution in [-0.2, 0) is 9.53 Å². The Morgan fingerprint density at radius 3 is 2.70 bits per heavy atom. The number of nitrogens with zero attached hydrogens (tertiary/aromatic N) is 3. The van der Waals surface area contributed by atoms with Crippen molar-refractivity contribution in [1.29, 1.82) is 5.26 Å². The maximum absolute atomic E-state index is 13.7. The molecule has 8 rings (SSSR count). The average Bonchev–Trinajstić information content (AvgIpc) is 3.36. The topological polar surface area (TPSA) is 132 Å². The molecule has 2 unspecified atom stereocenters. The number of likely N-dealkylation sites (tertiary alicyclic amines) is 2. The second kappa shape index (κ2) is 9.71. The fourth-order valence-corrected chi connectivity index (χ4v) is 9.57. The molecule has 1 aromatic rings. The molecule has 5 aliphatic carbocycles. The fraction of sp³-hybridized carbons (Fsp3) is 0.710. The molecule has 0 aromatic heterocycles. The molecule has 214 valence electrons. The minimum Gasteiger partial charge on any atom is -0.507 e. The van der Waals surface area contributed by atoms with Crippen molar-refractivity contribution in [2.24, 2.45) is 28.9 Å². The summed E-state index contributed by atoms with van der Waals surface area (Å²) < 4.78 is 6.76. The van der Waals surface area contributed by atoms with Gasteiger partial charge in [0.2, 0.25) is 5.91 Å². The van der Waals surface area contributed by atoms with Gasteiger partial charge in [-0.15, -0.1) is 0 Å². The van der Waals surface area contributed by atoms with Gasteiger partial charge in [0.1, 0.15) is 11.8 Å². The number of nitrogens with one attached hydrogen (secondary N) is 1. The van der Waals surface area contributed by atoms with Crippen LogP contribution in [0, 0.1) is 34.5 Å². The number of hydrogen-bond donors (Lipinski definition) is 3. The van der Waals surface area contributed by atoms with E-state index in [0.717, 1.165) is 71.0 Å².